The van der Waals surface area contributed by atoms with Crippen molar-refractivity contribution in [3.05, 3.63) is 71.8 Å². The molecule has 3 heteroatoms. The molecule has 3 nitrogen and oxygen atoms in total. The fraction of sp³-hybridized carbons (Fsp3) is 0.158. The Bertz CT molecular complexity index is 766. The van der Waals surface area contributed by atoms with Crippen LogP contribution in [0.1, 0.15) is 11.1 Å². The fourth-order valence-corrected chi connectivity index (χ4v) is 2.64. The number of rotatable bonds is 5. The van der Waals surface area contributed by atoms with Gasteiger partial charge >= 0.3 is 0 Å². The van der Waals surface area contributed by atoms with Crippen LogP contribution in [0.2, 0.25) is 0 Å². The van der Waals surface area contributed by atoms with E-state index in [2.05, 4.69) is 23.5 Å². The summed E-state index contributed by atoms with van der Waals surface area (Å²) in [6.45, 7) is 1.47. The number of hydrogen-bond acceptors (Lipinski definition) is 3. The third-order valence-electron chi connectivity index (χ3n) is 3.78. The van der Waals surface area contributed by atoms with E-state index in [1.807, 2.05) is 30.3 Å². The molecule has 2 N–H and O–H groups in total. The molecule has 3 aromatic carbocycles. The molecule has 3 rings (SSSR count). The van der Waals surface area contributed by atoms with Crippen LogP contribution in [0.25, 0.3) is 10.8 Å². The maximum Gasteiger partial charge on any atom is 0.123 e. The zero-order valence-electron chi connectivity index (χ0n) is 12.5. The molecule has 0 saturated heterocycles. The first-order valence-corrected chi connectivity index (χ1v) is 7.31. The zero-order valence-corrected chi connectivity index (χ0v) is 12.5. The third-order valence-corrected chi connectivity index (χ3v) is 3.78. The average Bonchev–Trinajstić information content (AvgIpc) is 2.56. The van der Waals surface area contributed by atoms with E-state index in [0.717, 1.165) is 24.4 Å². The Morgan fingerprint density at radius 3 is 2.45 bits per heavy atom. The molecule has 0 saturated carbocycles. The van der Waals surface area contributed by atoms with Crippen LogP contribution in [0.3, 0.4) is 0 Å². The smallest absolute Gasteiger partial charge is 0.123 e. The summed E-state index contributed by atoms with van der Waals surface area (Å²) in [6, 6.07) is 19.7. The van der Waals surface area contributed by atoms with Crippen LogP contribution < -0.4 is 10.1 Å². The lowest BCUT2D eigenvalue weighted by atomic mass is 10.0. The summed E-state index contributed by atoms with van der Waals surface area (Å²) in [5, 5.41) is 15.2. The third kappa shape index (κ3) is 3.05. The lowest BCUT2D eigenvalue weighted by Gasteiger charge is -2.13. The van der Waals surface area contributed by atoms with E-state index in [9.17, 15) is 5.11 Å². The van der Waals surface area contributed by atoms with E-state index in [-0.39, 0.29) is 0 Å². The van der Waals surface area contributed by atoms with Gasteiger partial charge in [-0.2, -0.15) is 0 Å². The van der Waals surface area contributed by atoms with Crippen LogP contribution in [0.5, 0.6) is 11.5 Å². The van der Waals surface area contributed by atoms with Gasteiger partial charge in [-0.1, -0.05) is 42.5 Å². The largest absolute Gasteiger partial charge is 0.508 e. The van der Waals surface area contributed by atoms with Gasteiger partial charge < -0.3 is 15.2 Å². The Morgan fingerprint density at radius 1 is 0.909 bits per heavy atom. The van der Waals surface area contributed by atoms with Crippen molar-refractivity contribution < 1.29 is 9.84 Å². The molecule has 0 heterocycles. The summed E-state index contributed by atoms with van der Waals surface area (Å²) in [5.41, 5.74) is 2.30. The Kier molecular flexibility index (Phi) is 4.26. The lowest BCUT2D eigenvalue weighted by molar-refractivity contribution is 0.408. The highest BCUT2D eigenvalue weighted by molar-refractivity contribution is 5.87. The molecule has 0 spiro atoms. The normalized spacial score (nSPS) is 10.8. The summed E-state index contributed by atoms with van der Waals surface area (Å²) in [6.07, 6.45) is 0. The maximum absolute atomic E-state index is 9.31. The molecule has 0 unspecified atom stereocenters. The molecule has 0 aliphatic rings. The van der Waals surface area contributed by atoms with Gasteiger partial charge in [-0.15, -0.1) is 0 Å². The van der Waals surface area contributed by atoms with Crippen molar-refractivity contribution in [1.82, 2.24) is 5.32 Å². The Morgan fingerprint density at radius 2 is 1.68 bits per heavy atom. The number of fused-ring (bicyclic) bond motifs is 1. The van der Waals surface area contributed by atoms with Crippen molar-refractivity contribution in [3.63, 3.8) is 0 Å². The maximum atomic E-state index is 9.31. The topological polar surface area (TPSA) is 41.5 Å². The average molecular weight is 293 g/mol. The summed E-state index contributed by atoms with van der Waals surface area (Å²) >= 11 is 0. The van der Waals surface area contributed by atoms with Crippen LogP contribution in [0, 0.1) is 0 Å². The first-order valence-electron chi connectivity index (χ1n) is 7.31. The van der Waals surface area contributed by atoms with Gasteiger partial charge in [-0.05, 0) is 34.5 Å². The highest BCUT2D eigenvalue weighted by Crippen LogP contribution is 2.27. The van der Waals surface area contributed by atoms with Crippen LogP contribution in [-0.4, -0.2) is 12.2 Å². The van der Waals surface area contributed by atoms with Gasteiger partial charge in [-0.3, -0.25) is 0 Å². The van der Waals surface area contributed by atoms with Crippen LogP contribution >= 0.6 is 0 Å². The number of aromatic hydroxyl groups is 1. The van der Waals surface area contributed by atoms with Gasteiger partial charge in [0.25, 0.3) is 0 Å². The quantitative estimate of drug-likeness (QED) is 0.751. The van der Waals surface area contributed by atoms with Gasteiger partial charge in [0, 0.05) is 18.7 Å². The van der Waals surface area contributed by atoms with Gasteiger partial charge in [0.2, 0.25) is 0 Å². The highest BCUT2D eigenvalue weighted by Gasteiger charge is 2.07. The minimum absolute atomic E-state index is 0.291. The predicted octanol–water partition coefficient (Wildman–Crippen LogP) is 3.84. The lowest BCUT2D eigenvalue weighted by Crippen LogP contribution is -2.13. The van der Waals surface area contributed by atoms with E-state index >= 15 is 0 Å². The highest BCUT2D eigenvalue weighted by atomic mass is 16.5. The second kappa shape index (κ2) is 6.50. The van der Waals surface area contributed by atoms with Gasteiger partial charge in [0.05, 0.1) is 7.11 Å². The standard InChI is InChI=1S/C19H19NO2/c1-22-19-11-8-15-4-2-3-5-17(15)18(19)13-20-12-14-6-9-16(21)10-7-14/h2-11,20-21H,12-13H2,1H3. The molecule has 0 aliphatic carbocycles. The molecule has 112 valence electrons. The number of ether oxygens (including phenoxy) is 1. The van der Waals surface area contributed by atoms with Crippen molar-refractivity contribution in [2.75, 3.05) is 7.11 Å². The molecule has 0 aliphatic heterocycles. The van der Waals surface area contributed by atoms with Crippen LogP contribution in [0.4, 0.5) is 0 Å². The molecule has 3 aromatic rings. The fourth-order valence-electron chi connectivity index (χ4n) is 2.64. The van der Waals surface area contributed by atoms with Crippen LogP contribution in [-0.2, 0) is 13.1 Å². The van der Waals surface area contributed by atoms with Gasteiger partial charge in [0.15, 0.2) is 0 Å². The number of methoxy groups -OCH3 is 1. The molecular weight excluding hydrogens is 274 g/mol. The number of hydrogen-bond donors (Lipinski definition) is 2. The molecule has 22 heavy (non-hydrogen) atoms. The minimum Gasteiger partial charge on any atom is -0.508 e. The Hall–Kier alpha value is -2.52. The van der Waals surface area contributed by atoms with E-state index in [0.29, 0.717) is 5.75 Å². The Labute approximate surface area is 130 Å². The van der Waals surface area contributed by atoms with E-state index in [1.165, 1.54) is 16.3 Å². The number of phenols is 1. The molecule has 0 fully saturated rings. The Balaban J connectivity index is 1.79. The van der Waals surface area contributed by atoms with Crippen molar-refractivity contribution in [1.29, 1.82) is 0 Å². The molecule has 0 radical (unpaired) electrons. The second-order valence-electron chi connectivity index (χ2n) is 5.24. The molecule has 0 amide bonds. The van der Waals surface area contributed by atoms with E-state index in [4.69, 9.17) is 4.74 Å². The van der Waals surface area contributed by atoms with Crippen molar-refractivity contribution >= 4 is 10.8 Å². The molecular formula is C19H19NO2. The van der Waals surface area contributed by atoms with Crippen molar-refractivity contribution in [2.24, 2.45) is 0 Å². The summed E-state index contributed by atoms with van der Waals surface area (Å²) in [5.74, 6) is 1.19. The van der Waals surface area contributed by atoms with Crippen LogP contribution in [0.15, 0.2) is 60.7 Å². The summed E-state index contributed by atoms with van der Waals surface area (Å²) in [4.78, 5) is 0. The van der Waals surface area contributed by atoms with Gasteiger partial charge in [-0.25, -0.2) is 0 Å². The summed E-state index contributed by atoms with van der Waals surface area (Å²) in [7, 11) is 1.70. The van der Waals surface area contributed by atoms with Gasteiger partial charge in [0.1, 0.15) is 11.5 Å². The molecule has 0 atom stereocenters. The zero-order chi connectivity index (χ0) is 15.4. The summed E-state index contributed by atoms with van der Waals surface area (Å²) < 4.78 is 5.50. The molecule has 0 aromatic heterocycles. The number of phenolic OH excluding ortho intramolecular Hbond substituents is 1. The first-order chi connectivity index (χ1) is 10.8. The van der Waals surface area contributed by atoms with E-state index < -0.39 is 0 Å². The second-order valence-corrected chi connectivity index (χ2v) is 5.24. The first kappa shape index (κ1) is 14.4. The molecule has 0 bridgehead atoms. The predicted molar refractivity (Wildman–Crippen MR) is 89.2 cm³/mol. The minimum atomic E-state index is 0.291. The van der Waals surface area contributed by atoms with Crippen molar-refractivity contribution in [3.8, 4) is 11.5 Å². The van der Waals surface area contributed by atoms with Crippen molar-refractivity contribution in [2.45, 2.75) is 13.1 Å². The monoisotopic (exact) mass is 293 g/mol. The number of nitrogens with one attached hydrogen (secondary N) is 1. The van der Waals surface area contributed by atoms with E-state index in [1.54, 1.807) is 19.2 Å². The SMILES string of the molecule is COc1ccc2ccccc2c1CNCc1ccc(O)cc1. The number of benzene rings is 3.